The minimum Gasteiger partial charge on any atom is -0.484 e. The molecule has 0 aliphatic rings. The Morgan fingerprint density at radius 3 is 2.29 bits per heavy atom. The molecular weight excluding hydrogens is 222 g/mol. The van der Waals surface area contributed by atoms with Crippen LogP contribution in [-0.4, -0.2) is 37.5 Å². The van der Waals surface area contributed by atoms with Crippen LogP contribution in [0, 0.1) is 0 Å². The zero-order chi connectivity index (χ0) is 12.8. The Labute approximate surface area is 99.9 Å². The van der Waals surface area contributed by atoms with Crippen LogP contribution in [0.1, 0.15) is 17.3 Å². The summed E-state index contributed by atoms with van der Waals surface area (Å²) in [7, 11) is 2.91. The van der Waals surface area contributed by atoms with E-state index in [4.69, 9.17) is 9.57 Å². The van der Waals surface area contributed by atoms with Gasteiger partial charge in [-0.15, -0.1) is 0 Å². The maximum Gasteiger partial charge on any atom is 0.283 e. The van der Waals surface area contributed by atoms with Crippen LogP contribution in [0.3, 0.4) is 0 Å². The van der Waals surface area contributed by atoms with Gasteiger partial charge < -0.3 is 4.74 Å². The number of amides is 1. The summed E-state index contributed by atoms with van der Waals surface area (Å²) in [5.41, 5.74) is 0.609. The molecular formula is C12H15NO4. The molecule has 0 heterocycles. The second-order valence-electron chi connectivity index (χ2n) is 3.44. The van der Waals surface area contributed by atoms with Crippen molar-refractivity contribution in [2.45, 2.75) is 6.92 Å². The first-order valence-electron chi connectivity index (χ1n) is 5.09. The van der Waals surface area contributed by atoms with Gasteiger partial charge in [-0.2, -0.15) is 0 Å². The van der Waals surface area contributed by atoms with Crippen LogP contribution >= 0.6 is 0 Å². The fourth-order valence-electron chi connectivity index (χ4n) is 1.12. The van der Waals surface area contributed by atoms with Gasteiger partial charge >= 0.3 is 0 Å². The summed E-state index contributed by atoms with van der Waals surface area (Å²) in [6, 6.07) is 6.61. The van der Waals surface area contributed by atoms with Crippen LogP contribution < -0.4 is 4.74 Å². The predicted molar refractivity (Wildman–Crippen MR) is 61.7 cm³/mol. The lowest BCUT2D eigenvalue weighted by Gasteiger charge is -2.13. The smallest absolute Gasteiger partial charge is 0.283 e. The van der Waals surface area contributed by atoms with Gasteiger partial charge in [0, 0.05) is 12.6 Å². The highest BCUT2D eigenvalue weighted by atomic mass is 16.7. The maximum atomic E-state index is 11.3. The van der Waals surface area contributed by atoms with Gasteiger partial charge in [0.25, 0.3) is 5.91 Å². The number of ether oxygens (including phenoxy) is 1. The molecule has 5 nitrogen and oxygen atoms in total. The number of carbonyl (C=O) groups excluding carboxylic acids is 2. The van der Waals surface area contributed by atoms with E-state index >= 15 is 0 Å². The summed E-state index contributed by atoms with van der Waals surface area (Å²) in [6.45, 7) is 1.39. The van der Waals surface area contributed by atoms with E-state index in [9.17, 15) is 9.59 Å². The molecule has 1 aromatic carbocycles. The molecule has 0 aliphatic carbocycles. The maximum absolute atomic E-state index is 11.3. The van der Waals surface area contributed by atoms with Gasteiger partial charge in [-0.05, 0) is 31.2 Å². The number of likely N-dealkylation sites (N-methyl/N-ethyl adjacent to an activating group) is 1. The molecule has 0 saturated carbocycles. The van der Waals surface area contributed by atoms with Gasteiger partial charge in [-0.1, -0.05) is 0 Å². The molecule has 0 N–H and O–H groups in total. The quantitative estimate of drug-likeness (QED) is 0.572. The average Bonchev–Trinajstić information content (AvgIpc) is 2.35. The van der Waals surface area contributed by atoms with Crippen molar-refractivity contribution in [1.82, 2.24) is 5.06 Å². The largest absolute Gasteiger partial charge is 0.484 e. The fourth-order valence-corrected chi connectivity index (χ4v) is 1.12. The Kier molecular flexibility index (Phi) is 4.66. The summed E-state index contributed by atoms with van der Waals surface area (Å²) < 4.78 is 5.24. The molecule has 1 amide bonds. The highest BCUT2D eigenvalue weighted by Gasteiger charge is 2.08. The van der Waals surface area contributed by atoms with Crippen molar-refractivity contribution < 1.29 is 19.2 Å². The third kappa shape index (κ3) is 3.88. The van der Waals surface area contributed by atoms with Gasteiger partial charge in [-0.3, -0.25) is 14.4 Å². The van der Waals surface area contributed by atoms with E-state index in [-0.39, 0.29) is 18.3 Å². The van der Waals surface area contributed by atoms with Gasteiger partial charge in [0.15, 0.2) is 12.4 Å². The molecule has 0 aromatic heterocycles. The third-order valence-electron chi connectivity index (χ3n) is 2.25. The first-order valence-corrected chi connectivity index (χ1v) is 5.09. The summed E-state index contributed by atoms with van der Waals surface area (Å²) in [5.74, 6) is 0.239. The molecule has 1 aromatic rings. The molecule has 0 spiro atoms. The van der Waals surface area contributed by atoms with E-state index in [1.165, 1.54) is 21.1 Å². The Morgan fingerprint density at radius 2 is 1.82 bits per heavy atom. The number of hydrogen-bond acceptors (Lipinski definition) is 4. The minimum atomic E-state index is -0.289. The summed E-state index contributed by atoms with van der Waals surface area (Å²) in [4.78, 5) is 27.1. The first-order chi connectivity index (χ1) is 8.04. The van der Waals surface area contributed by atoms with E-state index in [2.05, 4.69) is 0 Å². The molecule has 0 atom stereocenters. The molecule has 1 rings (SSSR count). The Hall–Kier alpha value is -1.88. The van der Waals surface area contributed by atoms with Crippen LogP contribution in [0.15, 0.2) is 24.3 Å². The third-order valence-corrected chi connectivity index (χ3v) is 2.25. The Balaban J connectivity index is 2.53. The van der Waals surface area contributed by atoms with Crippen LogP contribution in [-0.2, 0) is 9.63 Å². The van der Waals surface area contributed by atoms with Gasteiger partial charge in [0.1, 0.15) is 5.75 Å². The van der Waals surface area contributed by atoms with Crippen LogP contribution in [0.2, 0.25) is 0 Å². The monoisotopic (exact) mass is 237 g/mol. The van der Waals surface area contributed by atoms with Crippen molar-refractivity contribution in [3.8, 4) is 5.75 Å². The van der Waals surface area contributed by atoms with E-state index in [0.29, 0.717) is 11.3 Å². The highest BCUT2D eigenvalue weighted by Crippen LogP contribution is 2.12. The summed E-state index contributed by atoms with van der Waals surface area (Å²) in [6.07, 6.45) is 0. The molecule has 0 bridgehead atoms. The zero-order valence-corrected chi connectivity index (χ0v) is 10.1. The zero-order valence-electron chi connectivity index (χ0n) is 10.1. The highest BCUT2D eigenvalue weighted by molar-refractivity contribution is 5.94. The van der Waals surface area contributed by atoms with Crippen LogP contribution in [0.25, 0.3) is 0 Å². The molecule has 5 heteroatoms. The fraction of sp³-hybridized carbons (Fsp3) is 0.333. The van der Waals surface area contributed by atoms with Gasteiger partial charge in [0.05, 0.1) is 7.11 Å². The molecule has 0 saturated heterocycles. The van der Waals surface area contributed by atoms with Crippen molar-refractivity contribution in [3.05, 3.63) is 29.8 Å². The van der Waals surface area contributed by atoms with E-state index in [0.717, 1.165) is 5.06 Å². The second kappa shape index (κ2) is 6.00. The first kappa shape index (κ1) is 13.2. The normalized spacial score (nSPS) is 9.82. The Morgan fingerprint density at radius 1 is 1.24 bits per heavy atom. The molecule has 92 valence electrons. The number of Topliss-reactive ketones (excluding diaryl/α,β-unsaturated/α-hetero) is 1. The topological polar surface area (TPSA) is 55.8 Å². The Bertz CT molecular complexity index is 399. The number of hydroxylamine groups is 2. The van der Waals surface area contributed by atoms with Gasteiger partial charge in [-0.25, -0.2) is 5.06 Å². The van der Waals surface area contributed by atoms with Crippen molar-refractivity contribution in [2.24, 2.45) is 0 Å². The SMILES string of the molecule is CON(C)C(=O)COc1ccc(C(C)=O)cc1. The van der Waals surface area contributed by atoms with Crippen molar-refractivity contribution >= 4 is 11.7 Å². The number of carbonyl (C=O) groups is 2. The summed E-state index contributed by atoms with van der Waals surface area (Å²) in [5, 5.41) is 1.09. The van der Waals surface area contributed by atoms with Crippen LogP contribution in [0.5, 0.6) is 5.75 Å². The number of ketones is 1. The average molecular weight is 237 g/mol. The van der Waals surface area contributed by atoms with E-state index in [1.807, 2.05) is 0 Å². The minimum absolute atomic E-state index is 0.00765. The number of benzene rings is 1. The number of rotatable bonds is 5. The van der Waals surface area contributed by atoms with Crippen molar-refractivity contribution in [1.29, 1.82) is 0 Å². The van der Waals surface area contributed by atoms with E-state index in [1.54, 1.807) is 24.3 Å². The standard InChI is InChI=1S/C12H15NO4/c1-9(14)10-4-6-11(7-5-10)17-8-12(15)13(2)16-3/h4-7H,8H2,1-3H3. The molecule has 0 unspecified atom stereocenters. The molecule has 17 heavy (non-hydrogen) atoms. The van der Waals surface area contributed by atoms with E-state index < -0.39 is 0 Å². The predicted octanol–water partition coefficient (Wildman–Crippen LogP) is 1.29. The van der Waals surface area contributed by atoms with Gasteiger partial charge in [0.2, 0.25) is 0 Å². The molecule has 0 aliphatic heterocycles. The summed E-state index contributed by atoms with van der Waals surface area (Å²) >= 11 is 0. The molecule has 0 radical (unpaired) electrons. The number of hydrogen-bond donors (Lipinski definition) is 0. The second-order valence-corrected chi connectivity index (χ2v) is 3.44. The molecule has 0 fully saturated rings. The lowest BCUT2D eigenvalue weighted by Crippen LogP contribution is -2.30. The van der Waals surface area contributed by atoms with Crippen molar-refractivity contribution in [2.75, 3.05) is 20.8 Å². The van der Waals surface area contributed by atoms with Crippen molar-refractivity contribution in [3.63, 3.8) is 0 Å². The lowest BCUT2D eigenvalue weighted by molar-refractivity contribution is -0.170. The van der Waals surface area contributed by atoms with Crippen LogP contribution in [0.4, 0.5) is 0 Å². The number of nitrogens with zero attached hydrogens (tertiary/aromatic N) is 1. The lowest BCUT2D eigenvalue weighted by atomic mass is 10.1.